The number of benzene rings is 3. The molecule has 0 saturated carbocycles. The van der Waals surface area contributed by atoms with Crippen LogP contribution in [-0.4, -0.2) is 34.4 Å². The molecule has 0 unspecified atom stereocenters. The highest BCUT2D eigenvalue weighted by Gasteiger charge is 2.24. The van der Waals surface area contributed by atoms with E-state index in [9.17, 15) is 19.3 Å². The first-order valence-electron chi connectivity index (χ1n) is 10.3. The maximum atomic E-state index is 13.7. The molecule has 0 atom stereocenters. The van der Waals surface area contributed by atoms with Gasteiger partial charge in [-0.15, -0.1) is 0 Å². The Balaban J connectivity index is 2.04. The Morgan fingerprint density at radius 1 is 0.882 bits per heavy atom. The van der Waals surface area contributed by atoms with Gasteiger partial charge >= 0.3 is 11.9 Å². The number of hydrogen-bond acceptors (Lipinski definition) is 7. The molecule has 0 radical (unpaired) electrons. The minimum absolute atomic E-state index is 0.0584. The molecule has 0 bridgehead atoms. The molecule has 0 aliphatic heterocycles. The number of carbonyl (C=O) groups excluding carboxylic acids is 3. The number of rotatable bonds is 8. The van der Waals surface area contributed by atoms with Gasteiger partial charge in [0.1, 0.15) is 11.5 Å². The topological polar surface area (TPSA) is 113 Å². The molecule has 0 aliphatic rings. The average Bonchev–Trinajstić information content (AvgIpc) is 2.82. The second kappa shape index (κ2) is 11.0. The smallest absolute Gasteiger partial charge is 0.308 e. The Morgan fingerprint density at radius 2 is 1.53 bits per heavy atom. The summed E-state index contributed by atoms with van der Waals surface area (Å²) in [4.78, 5) is 49.8. The van der Waals surface area contributed by atoms with Gasteiger partial charge in [-0.3, -0.25) is 14.4 Å². The largest absolute Gasteiger partial charge is 0.427 e. The summed E-state index contributed by atoms with van der Waals surface area (Å²) in [6, 6.07) is 19.5. The molecule has 9 heteroatoms. The molecule has 0 saturated heterocycles. The van der Waals surface area contributed by atoms with E-state index < -0.39 is 24.6 Å². The van der Waals surface area contributed by atoms with Crippen LogP contribution in [0.3, 0.4) is 0 Å². The maximum Gasteiger partial charge on any atom is 0.308 e. The fraction of sp³-hybridized carbons (Fsp3) is 0.160. The van der Waals surface area contributed by atoms with E-state index in [-0.39, 0.29) is 29.3 Å². The lowest BCUT2D eigenvalue weighted by Gasteiger charge is -2.24. The molecule has 3 aromatic carbocycles. The van der Waals surface area contributed by atoms with Crippen LogP contribution in [0.5, 0.6) is 11.5 Å². The number of hydrogen-bond donors (Lipinski definition) is 1. The van der Waals surface area contributed by atoms with Gasteiger partial charge in [-0.2, -0.15) is 0 Å². The Hall–Kier alpha value is -4.37. The molecule has 1 amide bonds. The van der Waals surface area contributed by atoms with E-state index in [0.717, 1.165) is 5.56 Å². The third-order valence-corrected chi connectivity index (χ3v) is 4.71. The average molecular weight is 463 g/mol. The first-order valence-corrected chi connectivity index (χ1v) is 10.3. The van der Waals surface area contributed by atoms with Crippen molar-refractivity contribution in [3.05, 3.63) is 88.8 Å². The minimum atomic E-state index is -0.702. The van der Waals surface area contributed by atoms with E-state index in [4.69, 9.17) is 14.6 Å². The molecule has 0 fully saturated rings. The standard InChI is InChI=1S/C25H23N2O7/c1-17(29)33-22-12-13-23(24(14-22)34-18(2)30)25(31)26(15-19-6-4-3-5-7-19)20-8-10-21(11-9-20)27(32)16-28/h3-14,28H,15-16H2,1-2H3/q+1. The van der Waals surface area contributed by atoms with Gasteiger partial charge in [0.15, 0.2) is 0 Å². The van der Waals surface area contributed by atoms with Crippen molar-refractivity contribution in [1.82, 2.24) is 0 Å². The second-order valence-corrected chi connectivity index (χ2v) is 7.26. The normalized spacial score (nSPS) is 10.3. The van der Waals surface area contributed by atoms with E-state index in [1.807, 2.05) is 30.3 Å². The number of carbonyl (C=O) groups is 3. The molecule has 3 rings (SSSR count). The van der Waals surface area contributed by atoms with Crippen molar-refractivity contribution >= 4 is 29.2 Å². The molecule has 0 spiro atoms. The summed E-state index contributed by atoms with van der Waals surface area (Å²) in [5.41, 5.74) is 1.62. The monoisotopic (exact) mass is 463 g/mol. The van der Waals surface area contributed by atoms with Crippen LogP contribution in [0.2, 0.25) is 0 Å². The van der Waals surface area contributed by atoms with E-state index in [0.29, 0.717) is 10.4 Å². The first-order chi connectivity index (χ1) is 16.3. The van der Waals surface area contributed by atoms with Crippen LogP contribution in [0.1, 0.15) is 29.8 Å². The quantitative estimate of drug-likeness (QED) is 0.234. The van der Waals surface area contributed by atoms with E-state index in [2.05, 4.69) is 0 Å². The number of anilines is 1. The molecule has 9 nitrogen and oxygen atoms in total. The molecule has 1 N–H and O–H groups in total. The van der Waals surface area contributed by atoms with Gasteiger partial charge in [0.05, 0.1) is 16.9 Å². The highest BCUT2D eigenvalue weighted by Crippen LogP contribution is 2.30. The third kappa shape index (κ3) is 6.11. The van der Waals surface area contributed by atoms with Crippen LogP contribution in [-0.2, 0) is 16.1 Å². The van der Waals surface area contributed by atoms with Gasteiger partial charge in [-0.05, 0) is 29.8 Å². The lowest BCUT2D eigenvalue weighted by atomic mass is 10.1. The fourth-order valence-electron chi connectivity index (χ4n) is 3.22. The van der Waals surface area contributed by atoms with Gasteiger partial charge < -0.3 is 19.5 Å². The minimum Gasteiger partial charge on any atom is -0.427 e. The van der Waals surface area contributed by atoms with Crippen LogP contribution in [0.25, 0.3) is 0 Å². The Labute approximate surface area is 195 Å². The second-order valence-electron chi connectivity index (χ2n) is 7.26. The van der Waals surface area contributed by atoms with Crippen molar-refractivity contribution in [2.75, 3.05) is 11.6 Å². The van der Waals surface area contributed by atoms with Crippen LogP contribution < -0.4 is 14.4 Å². The summed E-state index contributed by atoms with van der Waals surface area (Å²) < 4.78 is 10.7. The number of aliphatic hydroxyl groups is 1. The Kier molecular flexibility index (Phi) is 7.83. The predicted octanol–water partition coefficient (Wildman–Crippen LogP) is 3.74. The molecule has 0 aromatic heterocycles. The first kappa shape index (κ1) is 24.3. The SMILES string of the molecule is CC(=O)Oc1ccc(C(=O)N(Cc2ccccc2)c2ccc([N+](=O)CO)cc2)c(OC(C)=O)c1. The van der Waals surface area contributed by atoms with Gasteiger partial charge in [0.2, 0.25) is 0 Å². The summed E-state index contributed by atoms with van der Waals surface area (Å²) in [5.74, 6) is -1.62. The summed E-state index contributed by atoms with van der Waals surface area (Å²) in [6.45, 7) is 1.91. The zero-order valence-corrected chi connectivity index (χ0v) is 18.6. The number of nitroso groups, excluding NO2 is 1. The van der Waals surface area contributed by atoms with Crippen LogP contribution >= 0.6 is 0 Å². The zero-order valence-electron chi connectivity index (χ0n) is 18.6. The van der Waals surface area contributed by atoms with Crippen molar-refractivity contribution in [3.63, 3.8) is 0 Å². The summed E-state index contributed by atoms with van der Waals surface area (Å²) in [7, 11) is 0. The number of esters is 2. The predicted molar refractivity (Wildman–Crippen MR) is 123 cm³/mol. The molecule has 174 valence electrons. The zero-order chi connectivity index (χ0) is 24.7. The lowest BCUT2D eigenvalue weighted by molar-refractivity contribution is -0.505. The number of nitrogens with zero attached hydrogens (tertiary/aromatic N) is 2. The maximum absolute atomic E-state index is 13.7. The van der Waals surface area contributed by atoms with Gasteiger partial charge in [-0.25, -0.2) is 0 Å². The van der Waals surface area contributed by atoms with Crippen LogP contribution in [0.15, 0.2) is 72.8 Å². The van der Waals surface area contributed by atoms with Crippen LogP contribution in [0, 0.1) is 4.91 Å². The van der Waals surface area contributed by atoms with Crippen LogP contribution in [0.4, 0.5) is 11.4 Å². The molecular formula is C25H23N2O7+. The van der Waals surface area contributed by atoms with Gasteiger partial charge in [0.25, 0.3) is 18.3 Å². The lowest BCUT2D eigenvalue weighted by Crippen LogP contribution is -2.31. The Morgan fingerprint density at radius 3 is 2.12 bits per heavy atom. The van der Waals surface area contributed by atoms with E-state index in [1.54, 1.807) is 12.1 Å². The third-order valence-electron chi connectivity index (χ3n) is 4.71. The molecule has 34 heavy (non-hydrogen) atoms. The number of aliphatic hydroxyl groups excluding tert-OH is 1. The van der Waals surface area contributed by atoms with Crippen molar-refractivity contribution in [1.29, 1.82) is 0 Å². The number of amides is 1. The van der Waals surface area contributed by atoms with E-state index >= 15 is 0 Å². The summed E-state index contributed by atoms with van der Waals surface area (Å²) >= 11 is 0. The van der Waals surface area contributed by atoms with Crippen molar-refractivity contribution in [2.24, 2.45) is 0 Å². The van der Waals surface area contributed by atoms with Gasteiger partial charge in [0, 0.05) is 42.6 Å². The summed E-state index contributed by atoms with van der Waals surface area (Å²) in [6.07, 6.45) is 0. The highest BCUT2D eigenvalue weighted by atomic mass is 16.5. The number of ether oxygens (including phenoxy) is 2. The Bertz CT molecular complexity index is 1210. The van der Waals surface area contributed by atoms with E-state index in [1.165, 1.54) is 49.1 Å². The van der Waals surface area contributed by atoms with Crippen molar-refractivity contribution < 1.29 is 33.7 Å². The molecule has 3 aromatic rings. The van der Waals surface area contributed by atoms with Gasteiger partial charge in [-0.1, -0.05) is 30.3 Å². The molecule has 0 heterocycles. The summed E-state index contributed by atoms with van der Waals surface area (Å²) in [5, 5.41) is 9.05. The van der Waals surface area contributed by atoms with Crippen molar-refractivity contribution in [2.45, 2.75) is 20.4 Å². The molecule has 0 aliphatic carbocycles. The fourth-order valence-corrected chi connectivity index (χ4v) is 3.22. The van der Waals surface area contributed by atoms with Crippen molar-refractivity contribution in [3.8, 4) is 11.5 Å². The highest BCUT2D eigenvalue weighted by molar-refractivity contribution is 6.08. The molecular weight excluding hydrogens is 440 g/mol.